The summed E-state index contributed by atoms with van der Waals surface area (Å²) in [7, 11) is 0. The van der Waals surface area contributed by atoms with E-state index in [0.29, 0.717) is 11.8 Å². The van der Waals surface area contributed by atoms with Gasteiger partial charge < -0.3 is 5.73 Å². The highest BCUT2D eigenvalue weighted by Crippen LogP contribution is 2.37. The van der Waals surface area contributed by atoms with Crippen LogP contribution < -0.4 is 10.6 Å². The van der Waals surface area contributed by atoms with Crippen LogP contribution in [-0.2, 0) is 0 Å². The molecule has 2 aromatic carbocycles. The SMILES string of the molecule is CC(C)c1cccc(N(c2cccc(C(C)C)c2)c2nc(N)ncc2F)c1. The molecule has 0 aliphatic carbocycles. The molecular weight excluding hydrogens is 339 g/mol. The molecule has 3 aromatic rings. The van der Waals surface area contributed by atoms with Gasteiger partial charge in [0.05, 0.1) is 6.20 Å². The van der Waals surface area contributed by atoms with Gasteiger partial charge in [-0.15, -0.1) is 0 Å². The molecule has 3 rings (SSSR count). The van der Waals surface area contributed by atoms with E-state index in [2.05, 4.69) is 61.9 Å². The van der Waals surface area contributed by atoms with E-state index in [0.717, 1.165) is 17.6 Å². The minimum absolute atomic E-state index is 0.0384. The number of nitrogen functional groups attached to an aromatic ring is 1. The summed E-state index contributed by atoms with van der Waals surface area (Å²) in [6.45, 7) is 8.52. The van der Waals surface area contributed by atoms with E-state index in [9.17, 15) is 4.39 Å². The number of anilines is 4. The molecule has 0 aliphatic heterocycles. The number of halogens is 1. The number of hydrogen-bond donors (Lipinski definition) is 1. The quantitative estimate of drug-likeness (QED) is 0.611. The summed E-state index contributed by atoms with van der Waals surface area (Å²) in [5.41, 5.74) is 9.76. The summed E-state index contributed by atoms with van der Waals surface area (Å²) in [5.74, 6) is 0.373. The van der Waals surface area contributed by atoms with E-state index in [1.807, 2.05) is 24.3 Å². The summed E-state index contributed by atoms with van der Waals surface area (Å²) >= 11 is 0. The Bertz CT molecular complexity index is 886. The van der Waals surface area contributed by atoms with Crippen LogP contribution in [0.4, 0.5) is 27.5 Å². The Morgan fingerprint density at radius 1 is 0.889 bits per heavy atom. The molecule has 2 N–H and O–H groups in total. The normalized spacial score (nSPS) is 11.2. The number of hydrogen-bond acceptors (Lipinski definition) is 4. The van der Waals surface area contributed by atoms with Crippen LogP contribution in [0.2, 0.25) is 0 Å². The fourth-order valence-corrected chi connectivity index (χ4v) is 2.97. The lowest BCUT2D eigenvalue weighted by molar-refractivity contribution is 0.616. The first-order valence-electron chi connectivity index (χ1n) is 9.15. The first-order valence-corrected chi connectivity index (χ1v) is 9.15. The second kappa shape index (κ2) is 7.74. The molecule has 0 spiro atoms. The number of benzene rings is 2. The first-order chi connectivity index (χ1) is 12.9. The molecule has 0 bridgehead atoms. The topological polar surface area (TPSA) is 55.0 Å². The molecule has 0 atom stereocenters. The second-order valence-corrected chi connectivity index (χ2v) is 7.23. The average molecular weight is 364 g/mol. The largest absolute Gasteiger partial charge is 0.368 e. The van der Waals surface area contributed by atoms with E-state index in [1.165, 1.54) is 11.1 Å². The Kier molecular flexibility index (Phi) is 5.40. The van der Waals surface area contributed by atoms with Gasteiger partial charge in [-0.1, -0.05) is 52.0 Å². The van der Waals surface area contributed by atoms with Crippen molar-refractivity contribution in [1.82, 2.24) is 9.97 Å². The molecular formula is C22H25FN4. The molecule has 0 fully saturated rings. The summed E-state index contributed by atoms with van der Waals surface area (Å²) in [6, 6.07) is 16.1. The Morgan fingerprint density at radius 3 is 1.89 bits per heavy atom. The Hall–Kier alpha value is -2.95. The van der Waals surface area contributed by atoms with Crippen LogP contribution >= 0.6 is 0 Å². The van der Waals surface area contributed by atoms with E-state index < -0.39 is 5.82 Å². The Labute approximate surface area is 159 Å². The fourth-order valence-electron chi connectivity index (χ4n) is 2.97. The third-order valence-corrected chi connectivity index (χ3v) is 4.55. The average Bonchev–Trinajstić information content (AvgIpc) is 2.65. The third-order valence-electron chi connectivity index (χ3n) is 4.55. The van der Waals surface area contributed by atoms with Gasteiger partial charge in [0.2, 0.25) is 5.95 Å². The van der Waals surface area contributed by atoms with Gasteiger partial charge in [-0.2, -0.15) is 4.98 Å². The second-order valence-electron chi connectivity index (χ2n) is 7.23. The Morgan fingerprint density at radius 2 is 1.41 bits per heavy atom. The van der Waals surface area contributed by atoms with Crippen LogP contribution in [0.3, 0.4) is 0 Å². The highest BCUT2D eigenvalue weighted by molar-refractivity contribution is 5.75. The number of nitrogens with zero attached hydrogens (tertiary/aromatic N) is 3. The van der Waals surface area contributed by atoms with E-state index in [-0.39, 0.29) is 11.8 Å². The Balaban J connectivity index is 2.22. The minimum atomic E-state index is -0.519. The summed E-state index contributed by atoms with van der Waals surface area (Å²) in [4.78, 5) is 9.75. The van der Waals surface area contributed by atoms with Gasteiger partial charge >= 0.3 is 0 Å². The van der Waals surface area contributed by atoms with Gasteiger partial charge in [-0.3, -0.25) is 4.90 Å². The standard InChI is InChI=1S/C22H25FN4/c1-14(2)16-7-5-9-18(11-16)27(21-20(23)13-25-22(24)26-21)19-10-6-8-17(12-19)15(3)4/h5-15H,1-4H3,(H2,24,25,26). The number of aromatic nitrogens is 2. The van der Waals surface area contributed by atoms with Gasteiger partial charge in [-0.05, 0) is 47.2 Å². The van der Waals surface area contributed by atoms with Crippen molar-refractivity contribution in [3.63, 3.8) is 0 Å². The molecule has 0 amide bonds. The van der Waals surface area contributed by atoms with Crippen LogP contribution in [0.5, 0.6) is 0 Å². The summed E-state index contributed by atoms with van der Waals surface area (Å²) < 4.78 is 14.7. The van der Waals surface area contributed by atoms with Crippen molar-refractivity contribution in [3.05, 3.63) is 71.7 Å². The maximum atomic E-state index is 14.7. The maximum absolute atomic E-state index is 14.7. The highest BCUT2D eigenvalue weighted by Gasteiger charge is 2.20. The lowest BCUT2D eigenvalue weighted by Gasteiger charge is -2.26. The van der Waals surface area contributed by atoms with Gasteiger partial charge in [0, 0.05) is 11.4 Å². The van der Waals surface area contributed by atoms with Crippen LogP contribution in [0, 0.1) is 5.82 Å². The van der Waals surface area contributed by atoms with Crippen LogP contribution in [-0.4, -0.2) is 9.97 Å². The third kappa shape index (κ3) is 4.08. The van der Waals surface area contributed by atoms with Gasteiger partial charge in [0.25, 0.3) is 0 Å². The molecule has 1 aromatic heterocycles. The van der Waals surface area contributed by atoms with E-state index in [4.69, 9.17) is 5.73 Å². The molecule has 0 radical (unpaired) electrons. The van der Waals surface area contributed by atoms with Crippen LogP contribution in [0.1, 0.15) is 50.7 Å². The maximum Gasteiger partial charge on any atom is 0.222 e. The van der Waals surface area contributed by atoms with Crippen molar-refractivity contribution in [3.8, 4) is 0 Å². The highest BCUT2D eigenvalue weighted by atomic mass is 19.1. The van der Waals surface area contributed by atoms with Crippen LogP contribution in [0.15, 0.2) is 54.7 Å². The van der Waals surface area contributed by atoms with Crippen molar-refractivity contribution in [2.45, 2.75) is 39.5 Å². The predicted octanol–water partition coefficient (Wildman–Crippen LogP) is 5.91. The predicted molar refractivity (Wildman–Crippen MR) is 109 cm³/mol. The fraction of sp³-hybridized carbons (Fsp3) is 0.273. The van der Waals surface area contributed by atoms with E-state index >= 15 is 0 Å². The van der Waals surface area contributed by atoms with Gasteiger partial charge in [0.1, 0.15) is 0 Å². The summed E-state index contributed by atoms with van der Waals surface area (Å²) in [5, 5.41) is 0. The molecule has 0 aliphatic rings. The van der Waals surface area contributed by atoms with Gasteiger partial charge in [-0.25, -0.2) is 9.37 Å². The summed E-state index contributed by atoms with van der Waals surface area (Å²) in [6.07, 6.45) is 1.11. The molecule has 0 saturated heterocycles. The van der Waals surface area contributed by atoms with Crippen LogP contribution in [0.25, 0.3) is 0 Å². The lowest BCUT2D eigenvalue weighted by Crippen LogP contribution is -2.15. The van der Waals surface area contributed by atoms with E-state index in [1.54, 1.807) is 4.90 Å². The molecule has 4 nitrogen and oxygen atoms in total. The molecule has 0 unspecified atom stereocenters. The van der Waals surface area contributed by atoms with Crippen molar-refractivity contribution < 1.29 is 4.39 Å². The van der Waals surface area contributed by atoms with Crippen molar-refractivity contribution in [1.29, 1.82) is 0 Å². The van der Waals surface area contributed by atoms with Crippen molar-refractivity contribution >= 4 is 23.1 Å². The zero-order valence-corrected chi connectivity index (χ0v) is 16.1. The number of rotatable bonds is 5. The first kappa shape index (κ1) is 18.8. The minimum Gasteiger partial charge on any atom is -0.368 e. The molecule has 140 valence electrons. The molecule has 27 heavy (non-hydrogen) atoms. The molecule has 0 saturated carbocycles. The zero-order valence-electron chi connectivity index (χ0n) is 16.1. The molecule has 1 heterocycles. The smallest absolute Gasteiger partial charge is 0.222 e. The monoisotopic (exact) mass is 364 g/mol. The van der Waals surface area contributed by atoms with Crippen molar-refractivity contribution in [2.24, 2.45) is 0 Å². The van der Waals surface area contributed by atoms with Gasteiger partial charge in [0.15, 0.2) is 11.6 Å². The zero-order chi connectivity index (χ0) is 19.6. The molecule has 5 heteroatoms. The lowest BCUT2D eigenvalue weighted by atomic mass is 10.0. The van der Waals surface area contributed by atoms with Crippen molar-refractivity contribution in [2.75, 3.05) is 10.6 Å². The number of nitrogens with two attached hydrogens (primary N) is 1.